The molecule has 1 aromatic carbocycles. The summed E-state index contributed by atoms with van der Waals surface area (Å²) in [5.41, 5.74) is 1.91. The van der Waals surface area contributed by atoms with E-state index >= 15 is 0 Å². The van der Waals surface area contributed by atoms with Gasteiger partial charge in [-0.05, 0) is 49.4 Å². The van der Waals surface area contributed by atoms with Crippen LogP contribution in [0, 0.1) is 5.92 Å². The lowest BCUT2D eigenvalue weighted by Gasteiger charge is -2.25. The number of esters is 1. The molecule has 0 spiro atoms. The lowest BCUT2D eigenvalue weighted by Crippen LogP contribution is -2.25. The standard InChI is InChI=1S/C32H57NO2/c1-5-7-9-11-13-15-17-19-26-33(27-20-18-16-14-12-10-8-6-2)31-23-21-30(22-24-31)32(34)35-28-25-29(3)4/h21-24,29H,5-20,25-28H2,1-4H3. The van der Waals surface area contributed by atoms with Gasteiger partial charge in [-0.15, -0.1) is 0 Å². The molecule has 0 aliphatic heterocycles. The van der Waals surface area contributed by atoms with Crippen LogP contribution in [0.2, 0.25) is 0 Å². The second kappa shape index (κ2) is 21.7. The van der Waals surface area contributed by atoms with Gasteiger partial charge in [0.05, 0.1) is 12.2 Å². The molecule has 3 heteroatoms. The van der Waals surface area contributed by atoms with Crippen molar-refractivity contribution in [1.29, 1.82) is 0 Å². The van der Waals surface area contributed by atoms with Crippen LogP contribution >= 0.6 is 0 Å². The summed E-state index contributed by atoms with van der Waals surface area (Å²) in [5.74, 6) is 0.348. The lowest BCUT2D eigenvalue weighted by atomic mass is 10.1. The molecular weight excluding hydrogens is 430 g/mol. The summed E-state index contributed by atoms with van der Waals surface area (Å²) in [7, 11) is 0. The first-order valence-electron chi connectivity index (χ1n) is 15.1. The predicted molar refractivity (Wildman–Crippen MR) is 154 cm³/mol. The number of carbonyl (C=O) groups is 1. The maximum Gasteiger partial charge on any atom is 0.338 e. The van der Waals surface area contributed by atoms with E-state index in [0.29, 0.717) is 18.1 Å². The Labute approximate surface area is 218 Å². The number of hydrogen-bond donors (Lipinski definition) is 0. The van der Waals surface area contributed by atoms with Crippen molar-refractivity contribution in [3.05, 3.63) is 29.8 Å². The average Bonchev–Trinajstić information content (AvgIpc) is 2.85. The third-order valence-electron chi connectivity index (χ3n) is 6.96. The first kappa shape index (κ1) is 31.5. The smallest absolute Gasteiger partial charge is 0.338 e. The average molecular weight is 488 g/mol. The second-order valence-electron chi connectivity index (χ2n) is 10.8. The van der Waals surface area contributed by atoms with Gasteiger partial charge in [0.2, 0.25) is 0 Å². The summed E-state index contributed by atoms with van der Waals surface area (Å²) >= 11 is 0. The Hall–Kier alpha value is -1.51. The molecule has 1 aromatic rings. The highest BCUT2D eigenvalue weighted by atomic mass is 16.5. The molecule has 0 saturated heterocycles. The van der Waals surface area contributed by atoms with E-state index in [0.717, 1.165) is 19.5 Å². The number of nitrogens with zero attached hydrogens (tertiary/aromatic N) is 1. The zero-order valence-corrected chi connectivity index (χ0v) is 23.8. The fraction of sp³-hybridized carbons (Fsp3) is 0.781. The number of anilines is 1. The Morgan fingerprint density at radius 1 is 0.686 bits per heavy atom. The van der Waals surface area contributed by atoms with Crippen molar-refractivity contribution in [3.63, 3.8) is 0 Å². The Bertz CT molecular complexity index is 590. The third-order valence-corrected chi connectivity index (χ3v) is 6.96. The molecule has 0 aliphatic carbocycles. The molecule has 0 radical (unpaired) electrons. The van der Waals surface area contributed by atoms with Crippen LogP contribution in [0.25, 0.3) is 0 Å². The molecule has 0 amide bonds. The van der Waals surface area contributed by atoms with E-state index < -0.39 is 0 Å². The maximum absolute atomic E-state index is 12.3. The van der Waals surface area contributed by atoms with Crippen LogP contribution in [0.15, 0.2) is 24.3 Å². The molecule has 1 rings (SSSR count). The van der Waals surface area contributed by atoms with E-state index in [1.54, 1.807) is 0 Å². The van der Waals surface area contributed by atoms with E-state index in [1.165, 1.54) is 108 Å². The zero-order valence-electron chi connectivity index (χ0n) is 23.8. The van der Waals surface area contributed by atoms with Gasteiger partial charge in [-0.3, -0.25) is 0 Å². The van der Waals surface area contributed by atoms with Gasteiger partial charge >= 0.3 is 5.97 Å². The molecule has 0 fully saturated rings. The molecule has 35 heavy (non-hydrogen) atoms. The number of carbonyl (C=O) groups excluding carboxylic acids is 1. The molecule has 0 saturated carbocycles. The van der Waals surface area contributed by atoms with Crippen molar-refractivity contribution < 1.29 is 9.53 Å². The quantitative estimate of drug-likeness (QED) is 0.114. The number of benzene rings is 1. The SMILES string of the molecule is CCCCCCCCCCN(CCCCCCCCCC)c1ccc(C(=O)OCCC(C)C)cc1. The Morgan fingerprint density at radius 3 is 1.54 bits per heavy atom. The van der Waals surface area contributed by atoms with Crippen LogP contribution < -0.4 is 4.90 Å². The molecular formula is C32H57NO2. The van der Waals surface area contributed by atoms with Crippen molar-refractivity contribution >= 4 is 11.7 Å². The molecule has 0 unspecified atom stereocenters. The summed E-state index contributed by atoms with van der Waals surface area (Å²) in [4.78, 5) is 14.9. The molecule has 0 aromatic heterocycles. The Morgan fingerprint density at radius 2 is 1.11 bits per heavy atom. The van der Waals surface area contributed by atoms with Gasteiger partial charge in [0.15, 0.2) is 0 Å². The van der Waals surface area contributed by atoms with Crippen molar-refractivity contribution in [3.8, 4) is 0 Å². The minimum atomic E-state index is -0.199. The molecule has 0 aliphatic rings. The lowest BCUT2D eigenvalue weighted by molar-refractivity contribution is 0.0488. The highest BCUT2D eigenvalue weighted by Crippen LogP contribution is 2.19. The van der Waals surface area contributed by atoms with Crippen LogP contribution in [0.1, 0.15) is 147 Å². The molecule has 0 heterocycles. The first-order chi connectivity index (χ1) is 17.1. The van der Waals surface area contributed by atoms with E-state index in [2.05, 4.69) is 44.7 Å². The Kier molecular flexibility index (Phi) is 19.6. The van der Waals surface area contributed by atoms with Gasteiger partial charge in [-0.25, -0.2) is 4.79 Å². The molecule has 0 N–H and O–H groups in total. The Balaban J connectivity index is 2.49. The number of rotatable bonds is 23. The minimum Gasteiger partial charge on any atom is -0.462 e. The number of hydrogen-bond acceptors (Lipinski definition) is 3. The van der Waals surface area contributed by atoms with Crippen LogP contribution in [0.3, 0.4) is 0 Å². The molecule has 0 bridgehead atoms. The number of ether oxygens (including phenoxy) is 1. The highest BCUT2D eigenvalue weighted by Gasteiger charge is 2.11. The van der Waals surface area contributed by atoms with Crippen LogP contribution in [0.4, 0.5) is 5.69 Å². The third kappa shape index (κ3) is 16.7. The van der Waals surface area contributed by atoms with Crippen LogP contribution in [-0.2, 0) is 4.74 Å². The first-order valence-corrected chi connectivity index (χ1v) is 15.1. The van der Waals surface area contributed by atoms with E-state index in [-0.39, 0.29) is 5.97 Å². The summed E-state index contributed by atoms with van der Waals surface area (Å²) in [6.07, 6.45) is 22.5. The fourth-order valence-corrected chi connectivity index (χ4v) is 4.52. The van der Waals surface area contributed by atoms with Gasteiger partial charge in [0.1, 0.15) is 0 Å². The van der Waals surface area contributed by atoms with Crippen molar-refractivity contribution in [2.45, 2.75) is 137 Å². The van der Waals surface area contributed by atoms with E-state index in [4.69, 9.17) is 4.74 Å². The van der Waals surface area contributed by atoms with Gasteiger partial charge < -0.3 is 9.64 Å². The summed E-state index contributed by atoms with van der Waals surface area (Å²) in [5, 5.41) is 0. The maximum atomic E-state index is 12.3. The second-order valence-corrected chi connectivity index (χ2v) is 10.8. The van der Waals surface area contributed by atoms with Crippen LogP contribution in [-0.4, -0.2) is 25.7 Å². The largest absolute Gasteiger partial charge is 0.462 e. The molecule has 3 nitrogen and oxygen atoms in total. The highest BCUT2D eigenvalue weighted by molar-refractivity contribution is 5.89. The zero-order chi connectivity index (χ0) is 25.6. The van der Waals surface area contributed by atoms with Gasteiger partial charge in [0, 0.05) is 18.8 Å². The fourth-order valence-electron chi connectivity index (χ4n) is 4.52. The molecule has 0 atom stereocenters. The van der Waals surface area contributed by atoms with Gasteiger partial charge in [-0.2, -0.15) is 0 Å². The predicted octanol–water partition coefficient (Wildman–Crippen LogP) is 9.98. The normalized spacial score (nSPS) is 11.2. The summed E-state index contributed by atoms with van der Waals surface area (Å²) < 4.78 is 5.44. The van der Waals surface area contributed by atoms with E-state index in [1.807, 2.05) is 12.1 Å². The van der Waals surface area contributed by atoms with Crippen molar-refractivity contribution in [2.24, 2.45) is 5.92 Å². The van der Waals surface area contributed by atoms with E-state index in [9.17, 15) is 4.79 Å². The summed E-state index contributed by atoms with van der Waals surface area (Å²) in [6.45, 7) is 11.6. The molecule has 202 valence electrons. The van der Waals surface area contributed by atoms with Gasteiger partial charge in [0.25, 0.3) is 0 Å². The monoisotopic (exact) mass is 487 g/mol. The van der Waals surface area contributed by atoms with Crippen molar-refractivity contribution in [1.82, 2.24) is 0 Å². The van der Waals surface area contributed by atoms with Gasteiger partial charge in [-0.1, -0.05) is 118 Å². The minimum absolute atomic E-state index is 0.199. The number of unbranched alkanes of at least 4 members (excludes halogenated alkanes) is 14. The van der Waals surface area contributed by atoms with Crippen LogP contribution in [0.5, 0.6) is 0 Å². The van der Waals surface area contributed by atoms with Crippen molar-refractivity contribution in [2.75, 3.05) is 24.6 Å². The summed E-state index contributed by atoms with van der Waals surface area (Å²) in [6, 6.07) is 8.13. The topological polar surface area (TPSA) is 29.5 Å².